The van der Waals surface area contributed by atoms with Crippen molar-refractivity contribution in [3.05, 3.63) is 53.6 Å². The van der Waals surface area contributed by atoms with Crippen molar-refractivity contribution >= 4 is 51.2 Å². The van der Waals surface area contributed by atoms with E-state index in [0.29, 0.717) is 0 Å². The number of hydrogen-bond donors (Lipinski definition) is 1. The predicted octanol–water partition coefficient (Wildman–Crippen LogP) is 4.49. The van der Waals surface area contributed by atoms with Crippen molar-refractivity contribution in [3.8, 4) is 0 Å². The molecule has 0 aliphatic carbocycles. The summed E-state index contributed by atoms with van der Waals surface area (Å²) in [5, 5.41) is 3.63. The lowest BCUT2D eigenvalue weighted by Gasteiger charge is -2.15. The summed E-state index contributed by atoms with van der Waals surface area (Å²) in [4.78, 5) is 1.20. The summed E-state index contributed by atoms with van der Waals surface area (Å²) in [7, 11) is 0. The molecule has 0 saturated heterocycles. The van der Waals surface area contributed by atoms with Gasteiger partial charge >= 0.3 is 0 Å². The Labute approximate surface area is 114 Å². The summed E-state index contributed by atoms with van der Waals surface area (Å²) in [6.07, 6.45) is 0. The van der Waals surface area contributed by atoms with Crippen molar-refractivity contribution in [2.24, 2.45) is 0 Å². The van der Waals surface area contributed by atoms with Gasteiger partial charge in [-0.25, -0.2) is 0 Å². The average Bonchev–Trinajstić information content (AvgIpc) is 2.67. The van der Waals surface area contributed by atoms with E-state index in [1.54, 1.807) is 11.4 Å². The highest BCUT2D eigenvalue weighted by atomic mass is 35.5. The average molecular weight is 298 g/mol. The molecule has 5 heteroatoms. The van der Waals surface area contributed by atoms with Crippen LogP contribution in [0.5, 0.6) is 0 Å². The number of rotatable bonds is 1. The molecule has 0 saturated carbocycles. The molecule has 0 fully saturated rings. The summed E-state index contributed by atoms with van der Waals surface area (Å²) in [6.45, 7) is 0. The Balaban J connectivity index is 2.03. The van der Waals surface area contributed by atoms with E-state index in [0.717, 1.165) is 10.7 Å². The van der Waals surface area contributed by atoms with Crippen molar-refractivity contribution in [1.82, 2.24) is 0 Å². The number of hydrogen-bond acceptors (Lipinski definition) is 2. The maximum absolute atomic E-state index is 5.99. The highest BCUT2D eigenvalue weighted by Gasteiger charge is 2.29. The van der Waals surface area contributed by atoms with Crippen LogP contribution in [0.4, 0.5) is 5.69 Å². The van der Waals surface area contributed by atoms with Gasteiger partial charge < -0.3 is 5.09 Å². The molecule has 2 aromatic carbocycles. The molecule has 1 nitrogen and oxygen atoms in total. The first kappa shape index (κ1) is 11.6. The van der Waals surface area contributed by atoms with Crippen molar-refractivity contribution < 1.29 is 0 Å². The second-order valence-corrected chi connectivity index (χ2v) is 11.2. The lowest BCUT2D eigenvalue weighted by molar-refractivity contribution is 1.48. The SMILES string of the molecule is S=P1(c2ccccc2)Nc2cc(Cl)ccc2S1. The van der Waals surface area contributed by atoms with E-state index >= 15 is 0 Å². The molecule has 17 heavy (non-hydrogen) atoms. The van der Waals surface area contributed by atoms with Crippen molar-refractivity contribution in [3.63, 3.8) is 0 Å². The normalized spacial score (nSPS) is 21.9. The molecule has 3 rings (SSSR count). The zero-order valence-corrected chi connectivity index (χ0v) is 12.0. The van der Waals surface area contributed by atoms with Crippen LogP contribution < -0.4 is 10.4 Å². The Morgan fingerprint density at radius 2 is 1.88 bits per heavy atom. The smallest absolute Gasteiger partial charge is 0.120 e. The Morgan fingerprint density at radius 3 is 2.65 bits per heavy atom. The molecule has 1 aliphatic rings. The van der Waals surface area contributed by atoms with E-state index in [1.165, 1.54) is 10.2 Å². The van der Waals surface area contributed by atoms with Gasteiger partial charge in [0.25, 0.3) is 0 Å². The van der Waals surface area contributed by atoms with E-state index in [1.807, 2.05) is 36.4 Å². The highest BCUT2D eigenvalue weighted by molar-refractivity contribution is 8.74. The van der Waals surface area contributed by atoms with Gasteiger partial charge in [-0.05, 0) is 18.2 Å². The van der Waals surface area contributed by atoms with Crippen LogP contribution in [0.15, 0.2) is 53.4 Å². The van der Waals surface area contributed by atoms with Crippen LogP contribution in [0.25, 0.3) is 0 Å². The minimum atomic E-state index is -1.78. The first-order valence-corrected chi connectivity index (χ1v) is 9.71. The van der Waals surface area contributed by atoms with Crippen LogP contribution in [0.1, 0.15) is 0 Å². The van der Waals surface area contributed by atoms with Crippen molar-refractivity contribution in [2.75, 3.05) is 5.09 Å². The Kier molecular flexibility index (Phi) is 2.95. The van der Waals surface area contributed by atoms with Crippen molar-refractivity contribution in [2.45, 2.75) is 4.90 Å². The molecule has 1 N–H and O–H groups in total. The third kappa shape index (κ3) is 2.13. The molecule has 0 aromatic heterocycles. The van der Waals surface area contributed by atoms with Crippen LogP contribution in [0.3, 0.4) is 0 Å². The number of nitrogens with one attached hydrogen (secondary N) is 1. The van der Waals surface area contributed by atoms with Crippen LogP contribution in [-0.2, 0) is 11.8 Å². The third-order valence-corrected chi connectivity index (χ3v) is 8.94. The summed E-state index contributed by atoms with van der Waals surface area (Å²) in [5.74, 6) is 0. The molecular weight excluding hydrogens is 289 g/mol. The lowest BCUT2D eigenvalue weighted by atomic mass is 10.3. The third-order valence-electron chi connectivity index (χ3n) is 2.53. The van der Waals surface area contributed by atoms with Gasteiger partial charge in [0.15, 0.2) is 0 Å². The standard InChI is InChI=1S/C12H9ClNPS2/c13-9-6-7-12-11(8-9)14-15(16,17-12)10-4-2-1-3-5-10/h1-8H,(H,14,16). The van der Waals surface area contributed by atoms with Crippen LogP contribution in [-0.4, -0.2) is 0 Å². The van der Waals surface area contributed by atoms with Crippen molar-refractivity contribution in [1.29, 1.82) is 0 Å². The van der Waals surface area contributed by atoms with Gasteiger partial charge in [-0.2, -0.15) is 0 Å². The first-order chi connectivity index (χ1) is 8.17. The van der Waals surface area contributed by atoms with E-state index < -0.39 is 5.39 Å². The van der Waals surface area contributed by atoms with Gasteiger partial charge in [0, 0.05) is 15.2 Å². The number of anilines is 1. The summed E-state index contributed by atoms with van der Waals surface area (Å²) in [5.41, 5.74) is 1.06. The van der Waals surface area contributed by atoms with Gasteiger partial charge in [0.05, 0.1) is 5.69 Å². The monoisotopic (exact) mass is 297 g/mol. The van der Waals surface area contributed by atoms with Gasteiger partial charge in [-0.1, -0.05) is 65.1 Å². The van der Waals surface area contributed by atoms with E-state index in [4.69, 9.17) is 23.4 Å². The molecule has 0 bridgehead atoms. The number of benzene rings is 2. The fourth-order valence-corrected chi connectivity index (χ4v) is 7.74. The molecule has 2 aromatic rings. The Bertz CT molecular complexity index is 615. The summed E-state index contributed by atoms with van der Waals surface area (Å²) >= 11 is 13.5. The summed E-state index contributed by atoms with van der Waals surface area (Å²) in [6, 6.07) is 16.1. The van der Waals surface area contributed by atoms with Crippen LogP contribution in [0.2, 0.25) is 5.02 Å². The number of fused-ring (bicyclic) bond motifs is 1. The van der Waals surface area contributed by atoms with Gasteiger partial charge in [0.1, 0.15) is 5.39 Å². The minimum absolute atomic E-state index is 0.744. The van der Waals surface area contributed by atoms with Gasteiger partial charge in [-0.3, -0.25) is 0 Å². The van der Waals surface area contributed by atoms with Crippen LogP contribution in [0, 0.1) is 0 Å². The maximum Gasteiger partial charge on any atom is 0.120 e. The summed E-state index contributed by atoms with van der Waals surface area (Å²) < 4.78 is 0. The molecule has 0 radical (unpaired) electrons. The zero-order chi connectivity index (χ0) is 11.9. The molecular formula is C12H9ClNPS2. The van der Waals surface area contributed by atoms with E-state index in [2.05, 4.69) is 17.2 Å². The Morgan fingerprint density at radius 1 is 1.12 bits per heavy atom. The molecule has 86 valence electrons. The zero-order valence-electron chi connectivity index (χ0n) is 8.76. The molecule has 1 aliphatic heterocycles. The topological polar surface area (TPSA) is 12.0 Å². The van der Waals surface area contributed by atoms with E-state index in [9.17, 15) is 0 Å². The molecule has 1 heterocycles. The molecule has 0 amide bonds. The molecule has 1 unspecified atom stereocenters. The first-order valence-electron chi connectivity index (χ1n) is 5.10. The number of halogens is 1. The highest BCUT2D eigenvalue weighted by Crippen LogP contribution is 2.67. The predicted molar refractivity (Wildman–Crippen MR) is 81.3 cm³/mol. The van der Waals surface area contributed by atoms with Gasteiger partial charge in [0.2, 0.25) is 0 Å². The minimum Gasteiger partial charge on any atom is -0.345 e. The van der Waals surface area contributed by atoms with E-state index in [-0.39, 0.29) is 0 Å². The molecule has 1 atom stereocenters. The largest absolute Gasteiger partial charge is 0.345 e. The molecule has 0 spiro atoms. The Hall–Kier alpha value is -0.470. The lowest BCUT2D eigenvalue weighted by Crippen LogP contribution is -2.04. The van der Waals surface area contributed by atoms with Gasteiger partial charge in [-0.15, -0.1) is 0 Å². The quantitative estimate of drug-likeness (QED) is 0.779. The fraction of sp³-hybridized carbons (Fsp3) is 0. The second-order valence-electron chi connectivity index (χ2n) is 3.73. The fourth-order valence-electron chi connectivity index (χ4n) is 1.73. The maximum atomic E-state index is 5.99. The second kappa shape index (κ2) is 4.33. The van der Waals surface area contributed by atoms with Crippen LogP contribution >= 0.6 is 28.4 Å².